The summed E-state index contributed by atoms with van der Waals surface area (Å²) in [6, 6.07) is 11.4. The normalized spacial score (nSPS) is 12.2. The van der Waals surface area contributed by atoms with Gasteiger partial charge in [0.1, 0.15) is 11.4 Å². The highest BCUT2D eigenvalue weighted by atomic mass is 35.5. The van der Waals surface area contributed by atoms with E-state index in [1.807, 2.05) is 0 Å². The SMILES string of the molecule is CN(CC(O)c1ccc(OC(=O)Cc2c(Cl)cccc2Cl)cc1)C(=O)OC(C)(C)C. The van der Waals surface area contributed by atoms with Gasteiger partial charge in [-0.25, -0.2) is 4.79 Å². The number of rotatable bonds is 6. The summed E-state index contributed by atoms with van der Waals surface area (Å²) in [5.74, 6) is -0.192. The molecule has 0 saturated carbocycles. The van der Waals surface area contributed by atoms with E-state index in [9.17, 15) is 14.7 Å². The second kappa shape index (κ2) is 10.2. The molecular weight excluding hydrogens is 429 g/mol. The van der Waals surface area contributed by atoms with E-state index in [1.165, 1.54) is 4.90 Å². The van der Waals surface area contributed by atoms with E-state index in [0.29, 0.717) is 26.9 Å². The van der Waals surface area contributed by atoms with Crippen molar-refractivity contribution < 1.29 is 24.2 Å². The predicted octanol–water partition coefficient (Wildman–Crippen LogP) is 5.04. The smallest absolute Gasteiger partial charge is 0.410 e. The first-order valence-corrected chi connectivity index (χ1v) is 10.1. The molecule has 0 spiro atoms. The summed E-state index contributed by atoms with van der Waals surface area (Å²) in [7, 11) is 1.55. The van der Waals surface area contributed by atoms with Crippen molar-refractivity contribution in [3.63, 3.8) is 0 Å². The third-order valence-electron chi connectivity index (χ3n) is 4.03. The summed E-state index contributed by atoms with van der Waals surface area (Å²) >= 11 is 12.1. The van der Waals surface area contributed by atoms with Crippen LogP contribution in [0, 0.1) is 0 Å². The molecule has 8 heteroatoms. The highest BCUT2D eigenvalue weighted by Crippen LogP contribution is 2.26. The molecule has 30 heavy (non-hydrogen) atoms. The lowest BCUT2D eigenvalue weighted by Crippen LogP contribution is -2.36. The Morgan fingerprint density at radius 3 is 2.17 bits per heavy atom. The Morgan fingerprint density at radius 1 is 1.07 bits per heavy atom. The molecule has 0 aliphatic heterocycles. The number of halogens is 2. The third-order valence-corrected chi connectivity index (χ3v) is 4.74. The molecule has 1 atom stereocenters. The highest BCUT2D eigenvalue weighted by molar-refractivity contribution is 6.36. The molecule has 2 aromatic rings. The number of likely N-dealkylation sites (N-methyl/N-ethyl adjacent to an activating group) is 1. The van der Waals surface area contributed by atoms with Crippen LogP contribution in [0.5, 0.6) is 5.75 Å². The van der Waals surface area contributed by atoms with Gasteiger partial charge in [0.15, 0.2) is 0 Å². The number of nitrogens with zero attached hydrogens (tertiary/aromatic N) is 1. The van der Waals surface area contributed by atoms with Crippen LogP contribution in [0.15, 0.2) is 42.5 Å². The molecule has 0 bridgehead atoms. The number of aliphatic hydroxyl groups is 1. The molecule has 6 nitrogen and oxygen atoms in total. The molecule has 0 radical (unpaired) electrons. The van der Waals surface area contributed by atoms with Crippen LogP contribution in [0.3, 0.4) is 0 Å². The van der Waals surface area contributed by atoms with E-state index >= 15 is 0 Å². The maximum absolute atomic E-state index is 12.2. The predicted molar refractivity (Wildman–Crippen MR) is 116 cm³/mol. The molecule has 1 unspecified atom stereocenters. The van der Waals surface area contributed by atoms with Crippen LogP contribution in [0.4, 0.5) is 4.79 Å². The Kier molecular flexibility index (Phi) is 8.12. The first-order valence-electron chi connectivity index (χ1n) is 9.32. The average molecular weight is 454 g/mol. The number of benzene rings is 2. The minimum Gasteiger partial charge on any atom is -0.444 e. The monoisotopic (exact) mass is 453 g/mol. The van der Waals surface area contributed by atoms with E-state index in [-0.39, 0.29) is 13.0 Å². The number of carbonyl (C=O) groups excluding carboxylic acids is 2. The Balaban J connectivity index is 1.94. The lowest BCUT2D eigenvalue weighted by Gasteiger charge is -2.26. The molecule has 2 rings (SSSR count). The zero-order valence-electron chi connectivity index (χ0n) is 17.3. The summed E-state index contributed by atoms with van der Waals surface area (Å²) in [6.45, 7) is 5.37. The van der Waals surface area contributed by atoms with Crippen molar-refractivity contribution in [2.24, 2.45) is 0 Å². The van der Waals surface area contributed by atoms with Gasteiger partial charge in [-0.1, -0.05) is 41.4 Å². The standard InChI is InChI=1S/C22H25Cl2NO5/c1-22(2,3)30-21(28)25(4)13-19(26)14-8-10-15(11-9-14)29-20(27)12-16-17(23)6-5-7-18(16)24/h5-11,19,26H,12-13H2,1-4H3. The molecule has 162 valence electrons. The number of amides is 1. The number of hydrogen-bond acceptors (Lipinski definition) is 5. The Bertz CT molecular complexity index is 873. The van der Waals surface area contributed by atoms with Gasteiger partial charge in [-0.3, -0.25) is 4.79 Å². The van der Waals surface area contributed by atoms with Crippen molar-refractivity contribution in [3.05, 3.63) is 63.6 Å². The minimum absolute atomic E-state index is 0.0546. The lowest BCUT2D eigenvalue weighted by atomic mass is 10.1. The number of ether oxygens (including phenoxy) is 2. The van der Waals surface area contributed by atoms with Crippen molar-refractivity contribution in [1.82, 2.24) is 4.90 Å². The van der Waals surface area contributed by atoms with Crippen LogP contribution in [-0.4, -0.2) is 41.3 Å². The average Bonchev–Trinajstić information content (AvgIpc) is 2.64. The van der Waals surface area contributed by atoms with Crippen LogP contribution < -0.4 is 4.74 Å². The molecule has 0 saturated heterocycles. The van der Waals surface area contributed by atoms with E-state index < -0.39 is 23.8 Å². The molecule has 2 aromatic carbocycles. The second-order valence-corrected chi connectivity index (χ2v) is 8.61. The molecule has 0 aromatic heterocycles. The van der Waals surface area contributed by atoms with E-state index in [4.69, 9.17) is 32.7 Å². The van der Waals surface area contributed by atoms with Crippen LogP contribution in [-0.2, 0) is 16.0 Å². The van der Waals surface area contributed by atoms with Gasteiger partial charge in [-0.2, -0.15) is 0 Å². The summed E-state index contributed by atoms with van der Waals surface area (Å²) < 4.78 is 10.6. The fourth-order valence-corrected chi connectivity index (χ4v) is 3.08. The van der Waals surface area contributed by atoms with Gasteiger partial charge in [0.25, 0.3) is 0 Å². The highest BCUT2D eigenvalue weighted by Gasteiger charge is 2.22. The van der Waals surface area contributed by atoms with E-state index in [0.717, 1.165) is 0 Å². The fraction of sp³-hybridized carbons (Fsp3) is 0.364. The number of esters is 1. The number of hydrogen-bond donors (Lipinski definition) is 1. The van der Waals surface area contributed by atoms with Crippen molar-refractivity contribution in [2.45, 2.75) is 38.9 Å². The first kappa shape index (κ1) is 24.0. The fourth-order valence-electron chi connectivity index (χ4n) is 2.55. The quantitative estimate of drug-likeness (QED) is 0.489. The van der Waals surface area contributed by atoms with Gasteiger partial charge in [0.2, 0.25) is 0 Å². The van der Waals surface area contributed by atoms with Crippen LogP contribution in [0.1, 0.15) is 38.0 Å². The maximum Gasteiger partial charge on any atom is 0.410 e. The topological polar surface area (TPSA) is 76.1 Å². The van der Waals surface area contributed by atoms with Crippen molar-refractivity contribution in [1.29, 1.82) is 0 Å². The lowest BCUT2D eigenvalue weighted by molar-refractivity contribution is -0.133. The minimum atomic E-state index is -0.922. The van der Waals surface area contributed by atoms with Gasteiger partial charge in [-0.05, 0) is 50.6 Å². The Labute approximate surface area is 186 Å². The molecule has 0 heterocycles. The number of carbonyl (C=O) groups is 2. The molecule has 0 aliphatic carbocycles. The largest absolute Gasteiger partial charge is 0.444 e. The second-order valence-electron chi connectivity index (χ2n) is 7.80. The van der Waals surface area contributed by atoms with E-state index in [2.05, 4.69) is 0 Å². The molecular formula is C22H25Cl2NO5. The van der Waals surface area contributed by atoms with Crippen molar-refractivity contribution in [2.75, 3.05) is 13.6 Å². The van der Waals surface area contributed by atoms with Crippen LogP contribution in [0.25, 0.3) is 0 Å². The Morgan fingerprint density at radius 2 is 1.63 bits per heavy atom. The maximum atomic E-state index is 12.2. The van der Waals surface area contributed by atoms with Gasteiger partial charge in [0, 0.05) is 22.7 Å². The van der Waals surface area contributed by atoms with Crippen molar-refractivity contribution in [3.8, 4) is 5.75 Å². The molecule has 0 aliphatic rings. The molecule has 0 fully saturated rings. The van der Waals surface area contributed by atoms with Crippen LogP contribution in [0.2, 0.25) is 10.0 Å². The zero-order chi connectivity index (χ0) is 22.5. The summed E-state index contributed by atoms with van der Waals surface area (Å²) in [6.07, 6.45) is -1.51. The summed E-state index contributed by atoms with van der Waals surface area (Å²) in [5.41, 5.74) is 0.457. The number of aliphatic hydroxyl groups excluding tert-OH is 1. The molecule has 1 N–H and O–H groups in total. The van der Waals surface area contributed by atoms with E-state index in [1.54, 1.807) is 70.3 Å². The Hall–Kier alpha value is -2.28. The third kappa shape index (κ3) is 7.20. The zero-order valence-corrected chi connectivity index (χ0v) is 18.8. The van der Waals surface area contributed by atoms with Gasteiger partial charge >= 0.3 is 12.1 Å². The van der Waals surface area contributed by atoms with Crippen molar-refractivity contribution >= 4 is 35.3 Å². The van der Waals surface area contributed by atoms with Crippen LogP contribution >= 0.6 is 23.2 Å². The summed E-state index contributed by atoms with van der Waals surface area (Å²) in [4.78, 5) is 25.5. The van der Waals surface area contributed by atoms with Gasteiger partial charge in [-0.15, -0.1) is 0 Å². The van der Waals surface area contributed by atoms with Gasteiger partial charge < -0.3 is 19.5 Å². The van der Waals surface area contributed by atoms with Gasteiger partial charge in [0.05, 0.1) is 19.1 Å². The first-order chi connectivity index (χ1) is 14.0. The summed E-state index contributed by atoms with van der Waals surface area (Å²) in [5, 5.41) is 11.2. The molecule has 1 amide bonds.